The molecule has 0 amide bonds. The van der Waals surface area contributed by atoms with Gasteiger partial charge in [0.05, 0.1) is 0 Å². The Balaban J connectivity index is 1.29. The molecule has 0 fully saturated rings. The third-order valence-corrected chi connectivity index (χ3v) is 8.73. The fourth-order valence-corrected chi connectivity index (χ4v) is 6.49. The predicted molar refractivity (Wildman–Crippen MR) is 192 cm³/mol. The standard InChI is InChI=1S/C43H27N3O/c1-4-13-28(14-5-1)29-23-25-30(26-24-29)38-34-20-11-10-19-33(34)27-36-39-35(21-12-22-37(39)47-40(36)38)43-45-41(31-15-6-2-7-16-31)44-42(46-43)32-17-8-3-9-18-32/h1-27H. The second kappa shape index (κ2) is 11.2. The Bertz CT molecular complexity index is 2480. The molecule has 0 saturated carbocycles. The normalized spacial score (nSPS) is 11.4. The van der Waals surface area contributed by atoms with Crippen LogP contribution >= 0.6 is 0 Å². The summed E-state index contributed by atoms with van der Waals surface area (Å²) in [6.45, 7) is 0. The summed E-state index contributed by atoms with van der Waals surface area (Å²) in [5.41, 5.74) is 8.95. The van der Waals surface area contributed by atoms with Crippen LogP contribution in [0, 0.1) is 0 Å². The number of benzene rings is 7. The Morgan fingerprint density at radius 2 is 0.915 bits per heavy atom. The van der Waals surface area contributed by atoms with E-state index in [0.29, 0.717) is 17.5 Å². The first-order chi connectivity index (χ1) is 23.3. The molecule has 0 unspecified atom stereocenters. The van der Waals surface area contributed by atoms with E-state index in [-0.39, 0.29) is 0 Å². The molecular weight excluding hydrogens is 574 g/mol. The maximum Gasteiger partial charge on any atom is 0.164 e. The van der Waals surface area contributed by atoms with Crippen molar-refractivity contribution >= 4 is 32.7 Å². The van der Waals surface area contributed by atoms with Gasteiger partial charge in [0, 0.05) is 33.0 Å². The zero-order valence-corrected chi connectivity index (χ0v) is 25.3. The molecule has 9 aromatic rings. The van der Waals surface area contributed by atoms with Gasteiger partial charge in [0.15, 0.2) is 17.5 Å². The van der Waals surface area contributed by atoms with Crippen molar-refractivity contribution in [2.45, 2.75) is 0 Å². The molecule has 0 bridgehead atoms. The van der Waals surface area contributed by atoms with E-state index in [2.05, 4.69) is 84.9 Å². The highest BCUT2D eigenvalue weighted by atomic mass is 16.3. The minimum absolute atomic E-state index is 0.605. The van der Waals surface area contributed by atoms with Crippen LogP contribution in [0.15, 0.2) is 168 Å². The largest absolute Gasteiger partial charge is 0.455 e. The Morgan fingerprint density at radius 3 is 1.57 bits per heavy atom. The summed E-state index contributed by atoms with van der Waals surface area (Å²) in [7, 11) is 0. The van der Waals surface area contributed by atoms with Crippen LogP contribution in [0.4, 0.5) is 0 Å². The monoisotopic (exact) mass is 601 g/mol. The van der Waals surface area contributed by atoms with Crippen molar-refractivity contribution in [2.75, 3.05) is 0 Å². The molecule has 0 radical (unpaired) electrons. The molecule has 0 aliphatic carbocycles. The van der Waals surface area contributed by atoms with Crippen molar-refractivity contribution in [2.24, 2.45) is 0 Å². The van der Waals surface area contributed by atoms with Crippen LogP contribution in [0.1, 0.15) is 0 Å². The number of hydrogen-bond acceptors (Lipinski definition) is 4. The van der Waals surface area contributed by atoms with E-state index in [9.17, 15) is 0 Å². The summed E-state index contributed by atoms with van der Waals surface area (Å²) in [6.07, 6.45) is 0. The van der Waals surface area contributed by atoms with Crippen LogP contribution in [0.3, 0.4) is 0 Å². The third-order valence-electron chi connectivity index (χ3n) is 8.73. The Kier molecular flexibility index (Phi) is 6.43. The second-order valence-corrected chi connectivity index (χ2v) is 11.6. The van der Waals surface area contributed by atoms with E-state index in [4.69, 9.17) is 19.4 Å². The topological polar surface area (TPSA) is 51.8 Å². The molecule has 0 saturated heterocycles. The second-order valence-electron chi connectivity index (χ2n) is 11.6. The van der Waals surface area contributed by atoms with E-state index in [1.165, 1.54) is 11.1 Å². The van der Waals surface area contributed by atoms with Crippen molar-refractivity contribution < 1.29 is 4.42 Å². The van der Waals surface area contributed by atoms with E-state index >= 15 is 0 Å². The lowest BCUT2D eigenvalue weighted by atomic mass is 9.93. The molecule has 0 aliphatic rings. The van der Waals surface area contributed by atoms with Gasteiger partial charge in [-0.3, -0.25) is 0 Å². The Hall–Kier alpha value is -6.39. The molecule has 2 heterocycles. The molecule has 4 nitrogen and oxygen atoms in total. The smallest absolute Gasteiger partial charge is 0.164 e. The van der Waals surface area contributed by atoms with E-state index < -0.39 is 0 Å². The maximum atomic E-state index is 6.78. The molecule has 2 aromatic heterocycles. The number of nitrogens with zero attached hydrogens (tertiary/aromatic N) is 3. The highest BCUT2D eigenvalue weighted by molar-refractivity contribution is 6.21. The average molecular weight is 602 g/mol. The van der Waals surface area contributed by atoms with Gasteiger partial charge in [-0.2, -0.15) is 0 Å². The molecule has 7 aromatic carbocycles. The van der Waals surface area contributed by atoms with Gasteiger partial charge in [-0.15, -0.1) is 0 Å². The highest BCUT2D eigenvalue weighted by Gasteiger charge is 2.21. The summed E-state index contributed by atoms with van der Waals surface area (Å²) in [5, 5.41) is 4.30. The third kappa shape index (κ3) is 4.75. The molecule has 220 valence electrons. The van der Waals surface area contributed by atoms with Gasteiger partial charge < -0.3 is 4.42 Å². The van der Waals surface area contributed by atoms with Gasteiger partial charge in [0.25, 0.3) is 0 Å². The molecule has 0 atom stereocenters. The van der Waals surface area contributed by atoms with Gasteiger partial charge >= 0.3 is 0 Å². The van der Waals surface area contributed by atoms with Crippen LogP contribution < -0.4 is 0 Å². The predicted octanol–water partition coefficient (Wildman–Crippen LogP) is 11.3. The first kappa shape index (κ1) is 27.0. The van der Waals surface area contributed by atoms with Crippen LogP contribution in [-0.4, -0.2) is 15.0 Å². The summed E-state index contributed by atoms with van der Waals surface area (Å²) in [4.78, 5) is 15.0. The van der Waals surface area contributed by atoms with Gasteiger partial charge in [-0.25, -0.2) is 15.0 Å². The number of fused-ring (bicyclic) bond motifs is 4. The van der Waals surface area contributed by atoms with Gasteiger partial charge in [0.1, 0.15) is 11.2 Å². The van der Waals surface area contributed by atoms with E-state index in [0.717, 1.165) is 60.5 Å². The molecule has 0 aliphatic heterocycles. The van der Waals surface area contributed by atoms with Crippen LogP contribution in [0.5, 0.6) is 0 Å². The molecule has 4 heteroatoms. The maximum absolute atomic E-state index is 6.78. The van der Waals surface area contributed by atoms with E-state index in [1.807, 2.05) is 78.9 Å². The molecule has 0 N–H and O–H groups in total. The van der Waals surface area contributed by atoms with Gasteiger partial charge in [-0.05, 0) is 39.6 Å². The zero-order chi connectivity index (χ0) is 31.2. The zero-order valence-electron chi connectivity index (χ0n) is 25.3. The van der Waals surface area contributed by atoms with Crippen LogP contribution in [-0.2, 0) is 0 Å². The SMILES string of the molecule is c1ccc(-c2ccc(-c3c4ccccc4cc4c3oc3cccc(-c5nc(-c6ccccc6)nc(-c6ccccc6)n5)c34)cc2)cc1. The van der Waals surface area contributed by atoms with Crippen molar-refractivity contribution in [3.8, 4) is 56.4 Å². The first-order valence-electron chi connectivity index (χ1n) is 15.7. The van der Waals surface area contributed by atoms with Crippen molar-refractivity contribution in [3.63, 3.8) is 0 Å². The summed E-state index contributed by atoms with van der Waals surface area (Å²) < 4.78 is 6.78. The molecule has 9 rings (SSSR count). The van der Waals surface area contributed by atoms with Gasteiger partial charge in [0.2, 0.25) is 0 Å². The number of hydrogen-bond donors (Lipinski definition) is 0. The lowest BCUT2D eigenvalue weighted by molar-refractivity contribution is 0.670. The van der Waals surface area contributed by atoms with E-state index in [1.54, 1.807) is 0 Å². The quantitative estimate of drug-likeness (QED) is 0.197. The first-order valence-corrected chi connectivity index (χ1v) is 15.7. The summed E-state index contributed by atoms with van der Waals surface area (Å²) in [6, 6.07) is 56.3. The van der Waals surface area contributed by atoms with Gasteiger partial charge in [-0.1, -0.05) is 152 Å². The molecule has 47 heavy (non-hydrogen) atoms. The lowest BCUT2D eigenvalue weighted by Gasteiger charge is -2.11. The highest BCUT2D eigenvalue weighted by Crippen LogP contribution is 2.44. The molecular formula is C43H27N3O. The van der Waals surface area contributed by atoms with Crippen LogP contribution in [0.25, 0.3) is 89.1 Å². The van der Waals surface area contributed by atoms with Crippen molar-refractivity contribution in [3.05, 3.63) is 164 Å². The van der Waals surface area contributed by atoms with Crippen LogP contribution in [0.2, 0.25) is 0 Å². The minimum Gasteiger partial charge on any atom is -0.455 e. The summed E-state index contributed by atoms with van der Waals surface area (Å²) >= 11 is 0. The average Bonchev–Trinajstić information content (AvgIpc) is 3.53. The lowest BCUT2D eigenvalue weighted by Crippen LogP contribution is -2.00. The molecule has 0 spiro atoms. The number of furan rings is 1. The minimum atomic E-state index is 0.605. The summed E-state index contributed by atoms with van der Waals surface area (Å²) in [5.74, 6) is 1.86. The fourth-order valence-electron chi connectivity index (χ4n) is 6.49. The number of rotatable bonds is 5. The fraction of sp³-hybridized carbons (Fsp3) is 0. The van der Waals surface area contributed by atoms with Crippen molar-refractivity contribution in [1.29, 1.82) is 0 Å². The Labute approximate surface area is 271 Å². The Morgan fingerprint density at radius 1 is 0.383 bits per heavy atom. The van der Waals surface area contributed by atoms with Crippen molar-refractivity contribution in [1.82, 2.24) is 15.0 Å². The number of aromatic nitrogens is 3.